The van der Waals surface area contributed by atoms with Crippen LogP contribution in [0, 0.1) is 11.3 Å². The van der Waals surface area contributed by atoms with Crippen molar-refractivity contribution in [2.45, 2.75) is 44.6 Å². The third-order valence-electron chi connectivity index (χ3n) is 6.24. The molecule has 1 saturated carbocycles. The van der Waals surface area contributed by atoms with Gasteiger partial charge >= 0.3 is 0 Å². The van der Waals surface area contributed by atoms with Crippen LogP contribution in [0.1, 0.15) is 48.8 Å². The molecule has 0 aromatic heterocycles. The van der Waals surface area contributed by atoms with Crippen molar-refractivity contribution in [3.63, 3.8) is 0 Å². The molecule has 2 fully saturated rings. The summed E-state index contributed by atoms with van der Waals surface area (Å²) >= 11 is 0. The van der Waals surface area contributed by atoms with E-state index in [0.29, 0.717) is 11.4 Å². The van der Waals surface area contributed by atoms with Crippen LogP contribution in [-0.2, 0) is 6.42 Å². The summed E-state index contributed by atoms with van der Waals surface area (Å²) < 4.78 is 0. The normalized spacial score (nSPS) is 19.2. The molecule has 0 atom stereocenters. The van der Waals surface area contributed by atoms with Crippen LogP contribution in [0.4, 0.5) is 5.69 Å². The molecular formula is C23H29N3. The highest BCUT2D eigenvalue weighted by atomic mass is 15.2. The maximum Gasteiger partial charge on any atom is 0.0705 e. The lowest BCUT2D eigenvalue weighted by Crippen LogP contribution is -2.45. The Hall–Kier alpha value is -2.13. The van der Waals surface area contributed by atoms with E-state index in [1.54, 1.807) is 0 Å². The number of rotatable bonds is 5. The molecule has 0 bridgehead atoms. The average Bonchev–Trinajstić information content (AvgIpc) is 2.62. The first-order valence-electron chi connectivity index (χ1n) is 9.97. The van der Waals surface area contributed by atoms with Crippen molar-refractivity contribution in [1.82, 2.24) is 4.90 Å². The smallest absolute Gasteiger partial charge is 0.0705 e. The van der Waals surface area contributed by atoms with E-state index in [-0.39, 0.29) is 0 Å². The highest BCUT2D eigenvalue weighted by Crippen LogP contribution is 2.30. The number of para-hydroxylation sites is 1. The number of anilines is 1. The molecule has 2 aliphatic rings. The van der Waals surface area contributed by atoms with Gasteiger partial charge in [-0.05, 0) is 62.7 Å². The number of benzene rings is 2. The number of piperidine rings is 1. The van der Waals surface area contributed by atoms with Crippen molar-refractivity contribution in [2.24, 2.45) is 5.92 Å². The van der Waals surface area contributed by atoms with Crippen LogP contribution >= 0.6 is 0 Å². The first kappa shape index (κ1) is 17.3. The monoisotopic (exact) mass is 347 g/mol. The van der Waals surface area contributed by atoms with Crippen LogP contribution in [0.15, 0.2) is 48.5 Å². The molecule has 3 N–H and O–H groups in total. The first-order chi connectivity index (χ1) is 12.7. The number of nitrogens with zero attached hydrogens (tertiary/aromatic N) is 1. The lowest BCUT2D eigenvalue weighted by atomic mass is 9.85. The number of hydrogen-bond donors (Lipinski definition) is 2. The molecule has 1 heterocycles. The minimum atomic E-state index is 0.503. The van der Waals surface area contributed by atoms with Gasteiger partial charge in [-0.2, -0.15) is 0 Å². The van der Waals surface area contributed by atoms with Gasteiger partial charge in [-0.25, -0.2) is 0 Å². The summed E-state index contributed by atoms with van der Waals surface area (Å²) in [5.41, 5.74) is 10.3. The predicted molar refractivity (Wildman–Crippen MR) is 109 cm³/mol. The van der Waals surface area contributed by atoms with Gasteiger partial charge < -0.3 is 10.6 Å². The molecular weight excluding hydrogens is 318 g/mol. The van der Waals surface area contributed by atoms with Crippen LogP contribution in [0.25, 0.3) is 0 Å². The van der Waals surface area contributed by atoms with Gasteiger partial charge in [-0.3, -0.25) is 5.41 Å². The Bertz CT molecular complexity index is 753. The molecule has 2 aromatic carbocycles. The summed E-state index contributed by atoms with van der Waals surface area (Å²) in [7, 11) is 0. The SMILES string of the molecule is N=C(c1ccc(CC2CCN(C3CCC3)CC2)cc1)c1ccccc1N. The lowest BCUT2D eigenvalue weighted by molar-refractivity contribution is 0.0847. The van der Waals surface area contributed by atoms with E-state index in [2.05, 4.69) is 29.2 Å². The van der Waals surface area contributed by atoms with E-state index in [9.17, 15) is 0 Å². The van der Waals surface area contributed by atoms with Crippen molar-refractivity contribution >= 4 is 11.4 Å². The molecule has 26 heavy (non-hydrogen) atoms. The number of nitrogen functional groups attached to an aromatic ring is 1. The van der Waals surface area contributed by atoms with Crippen LogP contribution < -0.4 is 5.73 Å². The van der Waals surface area contributed by atoms with Crippen molar-refractivity contribution < 1.29 is 0 Å². The van der Waals surface area contributed by atoms with E-state index in [1.807, 2.05) is 24.3 Å². The lowest BCUT2D eigenvalue weighted by Gasteiger charge is -2.41. The molecule has 0 spiro atoms. The molecule has 0 unspecified atom stereocenters. The second-order valence-electron chi connectivity index (χ2n) is 7.93. The summed E-state index contributed by atoms with van der Waals surface area (Å²) in [5.74, 6) is 0.807. The van der Waals surface area contributed by atoms with Crippen molar-refractivity contribution in [3.05, 3.63) is 65.2 Å². The summed E-state index contributed by atoms with van der Waals surface area (Å²) in [6.07, 6.45) is 8.09. The van der Waals surface area contributed by atoms with Gasteiger partial charge in [-0.15, -0.1) is 0 Å². The number of nitrogens with two attached hydrogens (primary N) is 1. The maximum atomic E-state index is 8.44. The largest absolute Gasteiger partial charge is 0.398 e. The first-order valence-corrected chi connectivity index (χ1v) is 9.97. The fraction of sp³-hybridized carbons (Fsp3) is 0.435. The number of likely N-dealkylation sites (tertiary alicyclic amines) is 1. The zero-order valence-electron chi connectivity index (χ0n) is 15.5. The topological polar surface area (TPSA) is 53.1 Å². The van der Waals surface area contributed by atoms with Gasteiger partial charge in [-0.1, -0.05) is 48.9 Å². The Balaban J connectivity index is 1.35. The Kier molecular flexibility index (Phi) is 5.07. The van der Waals surface area contributed by atoms with Crippen LogP contribution in [0.2, 0.25) is 0 Å². The molecule has 4 rings (SSSR count). The summed E-state index contributed by atoms with van der Waals surface area (Å²) in [6.45, 7) is 2.57. The molecule has 3 heteroatoms. The van der Waals surface area contributed by atoms with Crippen LogP contribution in [0.5, 0.6) is 0 Å². The van der Waals surface area contributed by atoms with Crippen LogP contribution in [0.3, 0.4) is 0 Å². The molecule has 1 aliphatic carbocycles. The number of hydrogen-bond acceptors (Lipinski definition) is 3. The second-order valence-corrected chi connectivity index (χ2v) is 7.93. The Labute approximate surface area is 156 Å². The van der Waals surface area contributed by atoms with E-state index in [0.717, 1.165) is 23.1 Å². The molecule has 0 amide bonds. The van der Waals surface area contributed by atoms with Gasteiger partial charge in [0.2, 0.25) is 0 Å². The zero-order valence-corrected chi connectivity index (χ0v) is 15.5. The third-order valence-corrected chi connectivity index (χ3v) is 6.24. The van der Waals surface area contributed by atoms with Gasteiger partial charge in [0.05, 0.1) is 5.71 Å². The Morgan fingerprint density at radius 2 is 1.65 bits per heavy atom. The predicted octanol–water partition coefficient (Wildman–Crippen LogP) is 4.49. The fourth-order valence-corrected chi connectivity index (χ4v) is 4.30. The van der Waals surface area contributed by atoms with Gasteiger partial charge in [0, 0.05) is 22.9 Å². The quantitative estimate of drug-likeness (QED) is 0.618. The van der Waals surface area contributed by atoms with Crippen molar-refractivity contribution in [3.8, 4) is 0 Å². The standard InChI is InChI=1S/C23H29N3/c24-22-7-2-1-6-21(22)23(25)19-10-8-17(9-11-19)16-18-12-14-26(15-13-18)20-4-3-5-20/h1-2,6-11,18,20,25H,3-5,12-16,24H2. The summed E-state index contributed by atoms with van der Waals surface area (Å²) in [6, 6.07) is 17.1. The van der Waals surface area contributed by atoms with E-state index < -0.39 is 0 Å². The van der Waals surface area contributed by atoms with Gasteiger partial charge in [0.25, 0.3) is 0 Å². The highest BCUT2D eigenvalue weighted by molar-refractivity contribution is 6.13. The summed E-state index contributed by atoms with van der Waals surface area (Å²) in [4.78, 5) is 2.72. The molecule has 1 aliphatic heterocycles. The zero-order chi connectivity index (χ0) is 17.9. The molecule has 3 nitrogen and oxygen atoms in total. The Morgan fingerprint density at radius 3 is 2.27 bits per heavy atom. The minimum absolute atomic E-state index is 0.503. The van der Waals surface area contributed by atoms with Crippen molar-refractivity contribution in [2.75, 3.05) is 18.8 Å². The van der Waals surface area contributed by atoms with E-state index in [4.69, 9.17) is 11.1 Å². The fourth-order valence-electron chi connectivity index (χ4n) is 4.30. The van der Waals surface area contributed by atoms with Gasteiger partial charge in [0.1, 0.15) is 0 Å². The number of nitrogens with one attached hydrogen (secondary N) is 1. The van der Waals surface area contributed by atoms with Crippen molar-refractivity contribution in [1.29, 1.82) is 5.41 Å². The minimum Gasteiger partial charge on any atom is -0.398 e. The molecule has 136 valence electrons. The highest BCUT2D eigenvalue weighted by Gasteiger charge is 2.28. The van der Waals surface area contributed by atoms with E-state index in [1.165, 1.54) is 57.2 Å². The third kappa shape index (κ3) is 3.68. The maximum absolute atomic E-state index is 8.44. The second kappa shape index (κ2) is 7.63. The van der Waals surface area contributed by atoms with E-state index >= 15 is 0 Å². The molecule has 2 aromatic rings. The van der Waals surface area contributed by atoms with Gasteiger partial charge in [0.15, 0.2) is 0 Å². The Morgan fingerprint density at radius 1 is 0.962 bits per heavy atom. The molecule has 1 saturated heterocycles. The summed E-state index contributed by atoms with van der Waals surface area (Å²) in [5, 5.41) is 8.44. The molecule has 0 radical (unpaired) electrons. The van der Waals surface area contributed by atoms with Crippen LogP contribution in [-0.4, -0.2) is 29.7 Å². The average molecular weight is 348 g/mol.